The summed E-state index contributed by atoms with van der Waals surface area (Å²) in [6.07, 6.45) is 0. The van der Waals surface area contributed by atoms with Gasteiger partial charge < -0.3 is 4.90 Å². The molecule has 1 aliphatic rings. The summed E-state index contributed by atoms with van der Waals surface area (Å²) in [5.74, 6) is 0.790. The van der Waals surface area contributed by atoms with E-state index in [9.17, 15) is 4.79 Å². The first-order chi connectivity index (χ1) is 14.8. The van der Waals surface area contributed by atoms with Crippen LogP contribution in [0, 0.1) is 0 Å². The lowest BCUT2D eigenvalue weighted by atomic mass is 10.2. The number of rotatable bonds is 4. The van der Waals surface area contributed by atoms with E-state index in [2.05, 4.69) is 34.1 Å². The third kappa shape index (κ3) is 3.60. The predicted octanol–water partition coefficient (Wildman–Crippen LogP) is 3.71. The number of fused-ring (bicyclic) bond motifs is 1. The van der Waals surface area contributed by atoms with Crippen LogP contribution >= 0.6 is 0 Å². The average Bonchev–Trinajstić information content (AvgIpc) is 2.81. The second-order valence-corrected chi connectivity index (χ2v) is 7.62. The number of hydrogen-bond donors (Lipinski definition) is 0. The minimum absolute atomic E-state index is 0.00952. The van der Waals surface area contributed by atoms with Crippen molar-refractivity contribution in [2.75, 3.05) is 31.1 Å². The molecule has 0 atom stereocenters. The van der Waals surface area contributed by atoms with Crippen molar-refractivity contribution in [3.8, 4) is 5.69 Å². The summed E-state index contributed by atoms with van der Waals surface area (Å²) in [6.45, 7) is 4.46. The van der Waals surface area contributed by atoms with Gasteiger partial charge in [0.15, 0.2) is 0 Å². The van der Waals surface area contributed by atoms with E-state index < -0.39 is 0 Å². The highest BCUT2D eigenvalue weighted by molar-refractivity contribution is 5.77. The number of anilines is 1. The lowest BCUT2D eigenvalue weighted by Crippen LogP contribution is -2.46. The number of benzene rings is 3. The van der Waals surface area contributed by atoms with E-state index in [1.165, 1.54) is 5.69 Å². The molecule has 0 aliphatic carbocycles. The van der Waals surface area contributed by atoms with Crippen molar-refractivity contribution >= 4 is 16.6 Å². The number of para-hydroxylation sites is 3. The first-order valence-electron chi connectivity index (χ1n) is 10.4. The fourth-order valence-electron chi connectivity index (χ4n) is 4.13. The van der Waals surface area contributed by atoms with Crippen LogP contribution in [0.3, 0.4) is 0 Å². The van der Waals surface area contributed by atoms with Gasteiger partial charge in [0.25, 0.3) is 5.56 Å². The van der Waals surface area contributed by atoms with Crippen molar-refractivity contribution in [2.24, 2.45) is 0 Å². The second kappa shape index (κ2) is 8.13. The van der Waals surface area contributed by atoms with Gasteiger partial charge in [-0.3, -0.25) is 14.3 Å². The molecule has 0 N–H and O–H groups in total. The number of nitrogens with zero attached hydrogens (tertiary/aromatic N) is 4. The van der Waals surface area contributed by atoms with Gasteiger partial charge in [-0.2, -0.15) is 0 Å². The van der Waals surface area contributed by atoms with Crippen LogP contribution in [0.5, 0.6) is 0 Å². The Morgan fingerprint density at radius 2 is 1.30 bits per heavy atom. The van der Waals surface area contributed by atoms with Crippen LogP contribution in [-0.4, -0.2) is 40.6 Å². The highest BCUT2D eigenvalue weighted by atomic mass is 16.1. The molecule has 0 saturated carbocycles. The summed E-state index contributed by atoms with van der Waals surface area (Å²) in [7, 11) is 0. The Kier molecular flexibility index (Phi) is 5.03. The smallest absolute Gasteiger partial charge is 0.266 e. The molecule has 5 rings (SSSR count). The Morgan fingerprint density at radius 1 is 0.700 bits per heavy atom. The van der Waals surface area contributed by atoms with E-state index in [1.54, 1.807) is 4.57 Å². The summed E-state index contributed by atoms with van der Waals surface area (Å²) in [6, 6.07) is 27.9. The van der Waals surface area contributed by atoms with E-state index in [0.717, 1.165) is 43.2 Å². The maximum atomic E-state index is 13.3. The maximum Gasteiger partial charge on any atom is 0.266 e. The summed E-state index contributed by atoms with van der Waals surface area (Å²) >= 11 is 0. The van der Waals surface area contributed by atoms with Gasteiger partial charge in [0.05, 0.1) is 23.1 Å². The summed E-state index contributed by atoms with van der Waals surface area (Å²) < 4.78 is 1.77. The Balaban J connectivity index is 1.45. The van der Waals surface area contributed by atoms with Gasteiger partial charge in [-0.15, -0.1) is 0 Å². The van der Waals surface area contributed by atoms with Crippen molar-refractivity contribution in [2.45, 2.75) is 6.54 Å². The summed E-state index contributed by atoms with van der Waals surface area (Å²) in [5.41, 5.74) is 2.87. The molecule has 0 unspecified atom stereocenters. The Morgan fingerprint density at radius 3 is 2.00 bits per heavy atom. The van der Waals surface area contributed by atoms with Crippen LogP contribution in [0.4, 0.5) is 5.69 Å². The Bertz CT molecular complexity index is 1200. The molecule has 1 aromatic heterocycles. The van der Waals surface area contributed by atoms with E-state index in [-0.39, 0.29) is 5.56 Å². The van der Waals surface area contributed by atoms with Gasteiger partial charge in [-0.1, -0.05) is 48.5 Å². The number of piperazine rings is 1. The zero-order valence-electron chi connectivity index (χ0n) is 16.8. The van der Waals surface area contributed by atoms with Gasteiger partial charge >= 0.3 is 0 Å². The van der Waals surface area contributed by atoms with Gasteiger partial charge in [0, 0.05) is 31.9 Å². The summed E-state index contributed by atoms with van der Waals surface area (Å²) in [4.78, 5) is 23.0. The largest absolute Gasteiger partial charge is 0.369 e. The fraction of sp³-hybridized carbons (Fsp3) is 0.200. The van der Waals surface area contributed by atoms with Crippen LogP contribution < -0.4 is 10.5 Å². The van der Waals surface area contributed by atoms with E-state index in [1.807, 2.05) is 60.7 Å². The Hall–Kier alpha value is -3.44. The van der Waals surface area contributed by atoms with Crippen molar-refractivity contribution in [3.63, 3.8) is 0 Å². The molecule has 5 nitrogen and oxygen atoms in total. The molecule has 1 aliphatic heterocycles. The normalized spacial score (nSPS) is 14.9. The van der Waals surface area contributed by atoms with Crippen LogP contribution in [0.15, 0.2) is 89.7 Å². The number of hydrogen-bond acceptors (Lipinski definition) is 4. The number of aromatic nitrogens is 2. The minimum atomic E-state index is -0.00952. The average molecular weight is 396 g/mol. The SMILES string of the molecule is O=c1c2ccccc2nc(CN2CCN(c3ccccc3)CC2)n1-c1ccccc1. The van der Waals surface area contributed by atoms with E-state index in [0.29, 0.717) is 11.9 Å². The molecule has 0 bridgehead atoms. The van der Waals surface area contributed by atoms with Crippen LogP contribution in [0.25, 0.3) is 16.6 Å². The Labute approximate surface area is 175 Å². The molecule has 0 spiro atoms. The molecule has 0 radical (unpaired) electrons. The van der Waals surface area contributed by atoms with E-state index in [4.69, 9.17) is 4.98 Å². The van der Waals surface area contributed by atoms with Crippen molar-refractivity contribution in [3.05, 3.63) is 101 Å². The molecule has 3 aromatic carbocycles. The zero-order valence-corrected chi connectivity index (χ0v) is 16.8. The lowest BCUT2D eigenvalue weighted by Gasteiger charge is -2.36. The predicted molar refractivity (Wildman–Crippen MR) is 121 cm³/mol. The van der Waals surface area contributed by atoms with Crippen LogP contribution in [0.1, 0.15) is 5.82 Å². The monoisotopic (exact) mass is 396 g/mol. The zero-order chi connectivity index (χ0) is 20.3. The molecule has 30 heavy (non-hydrogen) atoms. The molecular weight excluding hydrogens is 372 g/mol. The molecule has 150 valence electrons. The topological polar surface area (TPSA) is 41.4 Å². The quantitative estimate of drug-likeness (QED) is 0.527. The van der Waals surface area contributed by atoms with Gasteiger partial charge in [-0.25, -0.2) is 4.98 Å². The maximum absolute atomic E-state index is 13.3. The molecule has 5 heteroatoms. The lowest BCUT2D eigenvalue weighted by molar-refractivity contribution is 0.242. The van der Waals surface area contributed by atoms with Crippen molar-refractivity contribution in [1.82, 2.24) is 14.5 Å². The van der Waals surface area contributed by atoms with Crippen molar-refractivity contribution < 1.29 is 0 Å². The molecular formula is C25H24N4O. The summed E-state index contributed by atoms with van der Waals surface area (Å²) in [5, 5.41) is 0.652. The van der Waals surface area contributed by atoms with Gasteiger partial charge in [-0.05, 0) is 36.4 Å². The molecule has 0 amide bonds. The third-order valence-corrected chi connectivity index (χ3v) is 5.72. The first kappa shape index (κ1) is 18.6. The first-order valence-corrected chi connectivity index (χ1v) is 10.4. The van der Waals surface area contributed by atoms with Crippen molar-refractivity contribution in [1.29, 1.82) is 0 Å². The van der Waals surface area contributed by atoms with E-state index >= 15 is 0 Å². The molecule has 1 fully saturated rings. The third-order valence-electron chi connectivity index (χ3n) is 5.72. The minimum Gasteiger partial charge on any atom is -0.369 e. The van der Waals surface area contributed by atoms with Gasteiger partial charge in [0.2, 0.25) is 0 Å². The second-order valence-electron chi connectivity index (χ2n) is 7.62. The standard InChI is InChI=1S/C25H24N4O/c30-25-22-13-7-8-14-23(22)26-24(29(25)21-11-5-2-6-12-21)19-27-15-17-28(18-16-27)20-9-3-1-4-10-20/h1-14H,15-19H2. The fourth-order valence-corrected chi connectivity index (χ4v) is 4.13. The molecule has 2 heterocycles. The van der Waals surface area contributed by atoms with Crippen LogP contribution in [0.2, 0.25) is 0 Å². The molecule has 1 saturated heterocycles. The highest BCUT2D eigenvalue weighted by Crippen LogP contribution is 2.18. The van der Waals surface area contributed by atoms with Crippen LogP contribution in [-0.2, 0) is 6.54 Å². The van der Waals surface area contributed by atoms with Gasteiger partial charge in [0.1, 0.15) is 5.82 Å². The molecule has 4 aromatic rings. The highest BCUT2D eigenvalue weighted by Gasteiger charge is 2.20.